The molecular weight excluding hydrogens is 434 g/mol. The van der Waals surface area contributed by atoms with E-state index in [1.165, 1.54) is 31.5 Å². The van der Waals surface area contributed by atoms with Gasteiger partial charge in [0, 0.05) is 31.3 Å². The van der Waals surface area contributed by atoms with Crippen LogP contribution in [0.1, 0.15) is 24.1 Å². The molecule has 7 nitrogen and oxygen atoms in total. The topological polar surface area (TPSA) is 69.2 Å². The molecular formula is C22H28ClN5O2S. The van der Waals surface area contributed by atoms with Crippen LogP contribution in [0.2, 0.25) is 0 Å². The molecule has 0 radical (unpaired) electrons. The van der Waals surface area contributed by atoms with Gasteiger partial charge in [0.05, 0.1) is 12.8 Å². The lowest BCUT2D eigenvalue weighted by atomic mass is 9.95. The summed E-state index contributed by atoms with van der Waals surface area (Å²) in [4.78, 5) is 6.77. The SMILES string of the molecule is COc1ccc(C23C[C@@H]2CN(CCCSc2nnc(-c4ocnc4C)n2C)C3)cc1.Cl. The number of fused-ring (bicyclic) bond motifs is 1. The highest BCUT2D eigenvalue weighted by atomic mass is 35.5. The summed E-state index contributed by atoms with van der Waals surface area (Å²) in [5, 5.41) is 9.53. The molecule has 2 aliphatic rings. The normalized spacial score (nSPS) is 22.2. The average molecular weight is 462 g/mol. The minimum Gasteiger partial charge on any atom is -0.497 e. The Morgan fingerprint density at radius 2 is 2.06 bits per heavy atom. The first-order valence-electron chi connectivity index (χ1n) is 10.4. The molecule has 0 spiro atoms. The van der Waals surface area contributed by atoms with Crippen LogP contribution in [0.15, 0.2) is 40.2 Å². The maximum atomic E-state index is 5.45. The first kappa shape index (κ1) is 22.2. The Labute approximate surface area is 193 Å². The maximum absolute atomic E-state index is 5.45. The largest absolute Gasteiger partial charge is 0.497 e. The Morgan fingerprint density at radius 1 is 1.26 bits per heavy atom. The van der Waals surface area contributed by atoms with Crippen LogP contribution in [0.25, 0.3) is 11.6 Å². The molecule has 0 bridgehead atoms. The van der Waals surface area contributed by atoms with Crippen LogP contribution in [0.3, 0.4) is 0 Å². The fourth-order valence-electron chi connectivity index (χ4n) is 4.73. The molecule has 2 fully saturated rings. The molecule has 3 heterocycles. The summed E-state index contributed by atoms with van der Waals surface area (Å²) in [5.41, 5.74) is 2.69. The van der Waals surface area contributed by atoms with E-state index in [1.807, 2.05) is 18.5 Å². The van der Waals surface area contributed by atoms with Gasteiger partial charge in [0.2, 0.25) is 5.82 Å². The standard InChI is InChI=1S/C22H27N5O2S.ClH/c1-15-19(29-14-23-15)20-24-25-21(26(20)2)30-10-4-9-27-12-17-11-22(17,13-27)16-5-7-18(28-3)8-6-16;/h5-8,14,17H,4,9-13H2,1-3H3;1H/t17-,22?;/m1./s1. The van der Waals surface area contributed by atoms with Crippen molar-refractivity contribution in [2.24, 2.45) is 13.0 Å². The lowest BCUT2D eigenvalue weighted by molar-refractivity contribution is 0.299. The monoisotopic (exact) mass is 461 g/mol. The second-order valence-corrected chi connectivity index (χ2v) is 9.42. The highest BCUT2D eigenvalue weighted by Crippen LogP contribution is 2.59. The van der Waals surface area contributed by atoms with Crippen LogP contribution in [-0.4, -0.2) is 57.1 Å². The number of ether oxygens (including phenoxy) is 1. The number of hydrogen-bond donors (Lipinski definition) is 0. The Bertz CT molecular complexity index is 1040. The minimum absolute atomic E-state index is 0. The van der Waals surface area contributed by atoms with Gasteiger partial charge in [-0.2, -0.15) is 0 Å². The number of nitrogens with zero attached hydrogens (tertiary/aromatic N) is 5. The van der Waals surface area contributed by atoms with Gasteiger partial charge in [0.25, 0.3) is 0 Å². The minimum atomic E-state index is 0. The van der Waals surface area contributed by atoms with Gasteiger partial charge in [0.1, 0.15) is 5.75 Å². The molecule has 1 unspecified atom stereocenters. The Morgan fingerprint density at radius 3 is 2.77 bits per heavy atom. The number of hydrogen-bond acceptors (Lipinski definition) is 7. The lowest BCUT2D eigenvalue weighted by Gasteiger charge is -2.21. The van der Waals surface area contributed by atoms with Crippen molar-refractivity contribution in [2.75, 3.05) is 32.5 Å². The third-order valence-electron chi connectivity index (χ3n) is 6.51. The number of benzene rings is 1. The summed E-state index contributed by atoms with van der Waals surface area (Å²) in [6, 6.07) is 8.68. The second-order valence-electron chi connectivity index (χ2n) is 8.35. The zero-order valence-corrected chi connectivity index (χ0v) is 19.7. The van der Waals surface area contributed by atoms with Crippen molar-refractivity contribution in [3.8, 4) is 17.3 Å². The number of oxazole rings is 1. The van der Waals surface area contributed by atoms with Gasteiger partial charge in [-0.15, -0.1) is 22.6 Å². The van der Waals surface area contributed by atoms with Crippen molar-refractivity contribution < 1.29 is 9.15 Å². The van der Waals surface area contributed by atoms with Crippen LogP contribution >= 0.6 is 24.2 Å². The van der Waals surface area contributed by atoms with Crippen LogP contribution in [0, 0.1) is 12.8 Å². The van der Waals surface area contributed by atoms with Crippen molar-refractivity contribution >= 4 is 24.2 Å². The third-order valence-corrected chi connectivity index (χ3v) is 7.62. The average Bonchev–Trinajstić information content (AvgIpc) is 3.05. The summed E-state index contributed by atoms with van der Waals surface area (Å²) in [5.74, 6) is 4.19. The first-order valence-corrected chi connectivity index (χ1v) is 11.4. The molecule has 5 rings (SSSR count). The quantitative estimate of drug-likeness (QED) is 0.371. The van der Waals surface area contributed by atoms with E-state index in [-0.39, 0.29) is 12.4 Å². The predicted octanol–water partition coefficient (Wildman–Crippen LogP) is 3.96. The smallest absolute Gasteiger partial charge is 0.202 e. The second kappa shape index (κ2) is 8.84. The van der Waals surface area contributed by atoms with Crippen LogP contribution in [0.4, 0.5) is 0 Å². The zero-order chi connectivity index (χ0) is 20.7. The molecule has 1 aliphatic carbocycles. The molecule has 1 saturated heterocycles. The van der Waals surface area contributed by atoms with Crippen LogP contribution < -0.4 is 4.74 Å². The van der Waals surface area contributed by atoms with Crippen molar-refractivity contribution in [3.05, 3.63) is 41.9 Å². The molecule has 9 heteroatoms. The van der Waals surface area contributed by atoms with E-state index in [9.17, 15) is 0 Å². The molecule has 1 aromatic carbocycles. The fraction of sp³-hybridized carbons (Fsp3) is 0.500. The van der Waals surface area contributed by atoms with Gasteiger partial charge in [-0.1, -0.05) is 23.9 Å². The first-order chi connectivity index (χ1) is 14.6. The Balaban J connectivity index is 0.00000231. The summed E-state index contributed by atoms with van der Waals surface area (Å²) in [6.45, 7) is 5.44. The summed E-state index contributed by atoms with van der Waals surface area (Å²) in [7, 11) is 3.70. The van der Waals surface area contributed by atoms with Crippen molar-refractivity contribution in [1.82, 2.24) is 24.6 Å². The zero-order valence-electron chi connectivity index (χ0n) is 18.1. The molecule has 3 aromatic rings. The number of likely N-dealkylation sites (tertiary alicyclic amines) is 1. The molecule has 2 atom stereocenters. The van der Waals surface area contributed by atoms with Gasteiger partial charge in [-0.3, -0.25) is 0 Å². The van der Waals surface area contributed by atoms with Gasteiger partial charge < -0.3 is 18.6 Å². The number of rotatable bonds is 8. The van der Waals surface area contributed by atoms with Gasteiger partial charge in [0.15, 0.2) is 17.3 Å². The van der Waals surface area contributed by atoms with Crippen LogP contribution in [0.5, 0.6) is 5.75 Å². The summed E-state index contributed by atoms with van der Waals surface area (Å²) < 4.78 is 12.7. The predicted molar refractivity (Wildman–Crippen MR) is 123 cm³/mol. The molecule has 166 valence electrons. The Hall–Kier alpha value is -2.03. The molecule has 0 N–H and O–H groups in total. The van der Waals surface area contributed by atoms with Gasteiger partial charge >= 0.3 is 0 Å². The number of piperidine rings is 1. The molecule has 1 aliphatic heterocycles. The number of aromatic nitrogens is 4. The number of aryl methyl sites for hydroxylation is 1. The Kier molecular flexibility index (Phi) is 6.32. The number of halogens is 1. The number of methoxy groups -OCH3 is 1. The van der Waals surface area contributed by atoms with Crippen molar-refractivity contribution in [2.45, 2.75) is 30.3 Å². The highest BCUT2D eigenvalue weighted by molar-refractivity contribution is 7.99. The summed E-state index contributed by atoms with van der Waals surface area (Å²) in [6.07, 6.45) is 3.92. The van der Waals surface area contributed by atoms with Crippen molar-refractivity contribution in [1.29, 1.82) is 0 Å². The lowest BCUT2D eigenvalue weighted by Crippen LogP contribution is -2.27. The maximum Gasteiger partial charge on any atom is 0.202 e. The van der Waals surface area contributed by atoms with E-state index >= 15 is 0 Å². The van der Waals surface area contributed by atoms with E-state index in [0.29, 0.717) is 11.2 Å². The molecule has 31 heavy (non-hydrogen) atoms. The molecule has 1 saturated carbocycles. The number of thioether (sulfide) groups is 1. The third kappa shape index (κ3) is 4.08. The molecule has 2 aromatic heterocycles. The van der Waals surface area contributed by atoms with Crippen molar-refractivity contribution in [3.63, 3.8) is 0 Å². The van der Waals surface area contributed by atoms with E-state index in [1.54, 1.807) is 18.9 Å². The van der Waals surface area contributed by atoms with E-state index in [4.69, 9.17) is 9.15 Å². The molecule has 0 amide bonds. The fourth-order valence-corrected chi connectivity index (χ4v) is 5.57. The van der Waals surface area contributed by atoms with Gasteiger partial charge in [-0.25, -0.2) is 4.98 Å². The van der Waals surface area contributed by atoms with E-state index in [2.05, 4.69) is 44.3 Å². The van der Waals surface area contributed by atoms with Crippen LogP contribution in [-0.2, 0) is 12.5 Å². The van der Waals surface area contributed by atoms with E-state index in [0.717, 1.165) is 47.1 Å². The van der Waals surface area contributed by atoms with E-state index < -0.39 is 0 Å². The van der Waals surface area contributed by atoms with Gasteiger partial charge in [-0.05, 0) is 49.9 Å². The highest BCUT2D eigenvalue weighted by Gasteiger charge is 2.60. The summed E-state index contributed by atoms with van der Waals surface area (Å²) >= 11 is 1.75.